The smallest absolute Gasteiger partial charge is 0.256 e. The Labute approximate surface area is 237 Å². The summed E-state index contributed by atoms with van der Waals surface area (Å²) in [5.41, 5.74) is 11.7. The lowest BCUT2D eigenvalue weighted by atomic mass is 10.1. The van der Waals surface area contributed by atoms with Gasteiger partial charge < -0.3 is 41.0 Å². The van der Waals surface area contributed by atoms with Gasteiger partial charge in [-0.05, 0) is 56.7 Å². The van der Waals surface area contributed by atoms with Crippen LogP contribution in [0.15, 0.2) is 24.3 Å². The molecule has 40 heavy (non-hydrogen) atoms. The molecule has 1 aliphatic heterocycles. The molecule has 1 saturated heterocycles. The zero-order valence-corrected chi connectivity index (χ0v) is 24.1. The number of aliphatic hydroxyl groups is 2. The quantitative estimate of drug-likeness (QED) is 0.310. The number of nitrogens with two attached hydrogens (primary N) is 2. The van der Waals surface area contributed by atoms with E-state index < -0.39 is 36.1 Å². The molecule has 0 radical (unpaired) electrons. The molecule has 0 aromatic heterocycles. The summed E-state index contributed by atoms with van der Waals surface area (Å²) in [4.78, 5) is 29.9. The Morgan fingerprint density at radius 2 is 1.82 bits per heavy atom. The molecule has 0 saturated carbocycles. The van der Waals surface area contributed by atoms with E-state index in [1.807, 2.05) is 13.8 Å². The zero-order chi connectivity index (χ0) is 29.5. The summed E-state index contributed by atoms with van der Waals surface area (Å²) in [7, 11) is 0. The SMILES string of the molecule is CC(C)CCO[C@@H]1CN(C(=O)c2ccccc2F)CCN(C(=O)[C@H](N)CCCCN)CCCCOC[C@@H](O)[C@H]1O. The van der Waals surface area contributed by atoms with Crippen molar-refractivity contribution in [2.45, 2.75) is 76.7 Å². The highest BCUT2D eigenvalue weighted by atomic mass is 19.1. The van der Waals surface area contributed by atoms with Gasteiger partial charge in [-0.1, -0.05) is 32.4 Å². The van der Waals surface area contributed by atoms with Crippen molar-refractivity contribution in [2.75, 3.05) is 52.5 Å². The molecular formula is C29H49FN4O6. The molecule has 228 valence electrons. The summed E-state index contributed by atoms with van der Waals surface area (Å²) < 4.78 is 26.2. The van der Waals surface area contributed by atoms with Gasteiger partial charge in [0, 0.05) is 39.4 Å². The molecule has 1 fully saturated rings. The summed E-state index contributed by atoms with van der Waals surface area (Å²) in [6.07, 6.45) is 0.433. The van der Waals surface area contributed by atoms with Crippen LogP contribution in [0.3, 0.4) is 0 Å². The van der Waals surface area contributed by atoms with Gasteiger partial charge in [0.2, 0.25) is 5.91 Å². The van der Waals surface area contributed by atoms with E-state index in [2.05, 4.69) is 0 Å². The minimum Gasteiger partial charge on any atom is -0.388 e. The molecule has 10 nitrogen and oxygen atoms in total. The number of unbranched alkanes of at least 4 members (excludes halogenated alkanes) is 1. The maximum absolute atomic E-state index is 14.7. The minimum atomic E-state index is -1.35. The fraction of sp³-hybridized carbons (Fsp3) is 0.724. The number of halogens is 1. The van der Waals surface area contributed by atoms with E-state index in [4.69, 9.17) is 20.9 Å². The van der Waals surface area contributed by atoms with Gasteiger partial charge >= 0.3 is 0 Å². The van der Waals surface area contributed by atoms with Crippen LogP contribution in [-0.2, 0) is 14.3 Å². The van der Waals surface area contributed by atoms with Crippen LogP contribution in [0.5, 0.6) is 0 Å². The molecule has 1 aromatic rings. The average molecular weight is 569 g/mol. The molecule has 2 rings (SSSR count). The van der Waals surface area contributed by atoms with Gasteiger partial charge in [0.05, 0.1) is 18.2 Å². The minimum absolute atomic E-state index is 0.0672. The Balaban J connectivity index is 2.34. The first-order valence-electron chi connectivity index (χ1n) is 14.5. The first kappa shape index (κ1) is 34.1. The first-order valence-corrected chi connectivity index (χ1v) is 14.5. The van der Waals surface area contributed by atoms with Gasteiger partial charge in [0.1, 0.15) is 24.1 Å². The van der Waals surface area contributed by atoms with Crippen LogP contribution in [0.25, 0.3) is 0 Å². The second kappa shape index (κ2) is 18.3. The normalized spacial score (nSPS) is 22.6. The van der Waals surface area contributed by atoms with E-state index in [-0.39, 0.29) is 37.7 Å². The lowest BCUT2D eigenvalue weighted by Crippen LogP contribution is -2.52. The molecule has 0 spiro atoms. The predicted molar refractivity (Wildman–Crippen MR) is 151 cm³/mol. The Bertz CT molecular complexity index is 892. The van der Waals surface area contributed by atoms with Crippen molar-refractivity contribution in [1.29, 1.82) is 0 Å². The number of nitrogens with zero attached hydrogens (tertiary/aromatic N) is 2. The van der Waals surface area contributed by atoms with Crippen LogP contribution in [0.4, 0.5) is 4.39 Å². The third kappa shape index (κ3) is 11.4. The van der Waals surface area contributed by atoms with Gasteiger partial charge in [-0.2, -0.15) is 0 Å². The van der Waals surface area contributed by atoms with E-state index in [1.54, 1.807) is 11.0 Å². The number of rotatable bonds is 10. The van der Waals surface area contributed by atoms with E-state index in [9.17, 15) is 24.2 Å². The molecule has 1 aliphatic rings. The monoisotopic (exact) mass is 568 g/mol. The molecule has 0 aliphatic carbocycles. The maximum Gasteiger partial charge on any atom is 0.256 e. The molecule has 1 heterocycles. The fourth-order valence-corrected chi connectivity index (χ4v) is 4.51. The molecule has 0 bridgehead atoms. The summed E-state index contributed by atoms with van der Waals surface area (Å²) in [6.45, 7) is 5.68. The summed E-state index contributed by atoms with van der Waals surface area (Å²) in [5.74, 6) is -1.15. The van der Waals surface area contributed by atoms with E-state index >= 15 is 0 Å². The molecule has 11 heteroatoms. The number of ether oxygens (including phenoxy) is 2. The van der Waals surface area contributed by atoms with Crippen molar-refractivity contribution in [2.24, 2.45) is 17.4 Å². The maximum atomic E-state index is 14.7. The topological polar surface area (TPSA) is 152 Å². The molecule has 0 unspecified atom stereocenters. The van der Waals surface area contributed by atoms with E-state index in [0.717, 1.165) is 12.8 Å². The number of hydrogen-bond acceptors (Lipinski definition) is 8. The Morgan fingerprint density at radius 1 is 1.10 bits per heavy atom. The first-order chi connectivity index (χ1) is 19.1. The van der Waals surface area contributed by atoms with Gasteiger partial charge in [-0.3, -0.25) is 9.59 Å². The Morgan fingerprint density at radius 3 is 2.52 bits per heavy atom. The molecular weight excluding hydrogens is 519 g/mol. The van der Waals surface area contributed by atoms with Crippen LogP contribution in [-0.4, -0.2) is 109 Å². The van der Waals surface area contributed by atoms with Crippen LogP contribution >= 0.6 is 0 Å². The van der Waals surface area contributed by atoms with Crippen molar-refractivity contribution >= 4 is 11.8 Å². The Hall–Kier alpha value is -2.15. The summed E-state index contributed by atoms with van der Waals surface area (Å²) in [5, 5.41) is 21.6. The largest absolute Gasteiger partial charge is 0.388 e. The lowest BCUT2D eigenvalue weighted by molar-refractivity contribution is -0.133. The van der Waals surface area contributed by atoms with Crippen LogP contribution in [0.2, 0.25) is 0 Å². The number of hydrogen-bond donors (Lipinski definition) is 4. The highest BCUT2D eigenvalue weighted by Gasteiger charge is 2.32. The molecule has 1 aromatic carbocycles. The molecule has 2 amide bonds. The highest BCUT2D eigenvalue weighted by molar-refractivity contribution is 5.94. The second-order valence-electron chi connectivity index (χ2n) is 10.9. The predicted octanol–water partition coefficient (Wildman–Crippen LogP) is 1.52. The molecule has 6 N–H and O–H groups in total. The molecule has 4 atom stereocenters. The fourth-order valence-electron chi connectivity index (χ4n) is 4.51. The van der Waals surface area contributed by atoms with Crippen molar-refractivity contribution in [3.8, 4) is 0 Å². The highest BCUT2D eigenvalue weighted by Crippen LogP contribution is 2.16. The van der Waals surface area contributed by atoms with E-state index in [1.165, 1.54) is 23.1 Å². The zero-order valence-electron chi connectivity index (χ0n) is 24.1. The van der Waals surface area contributed by atoms with Gasteiger partial charge in [-0.25, -0.2) is 4.39 Å². The number of aliphatic hydroxyl groups excluding tert-OH is 2. The number of amides is 2. The third-order valence-corrected chi connectivity index (χ3v) is 7.09. The van der Waals surface area contributed by atoms with Crippen LogP contribution < -0.4 is 11.5 Å². The Kier molecular flexibility index (Phi) is 15.6. The van der Waals surface area contributed by atoms with Crippen molar-refractivity contribution in [3.05, 3.63) is 35.6 Å². The van der Waals surface area contributed by atoms with Gasteiger partial charge in [-0.15, -0.1) is 0 Å². The van der Waals surface area contributed by atoms with Crippen molar-refractivity contribution in [3.63, 3.8) is 0 Å². The number of benzene rings is 1. The van der Waals surface area contributed by atoms with Crippen molar-refractivity contribution in [1.82, 2.24) is 9.80 Å². The van der Waals surface area contributed by atoms with Crippen molar-refractivity contribution < 1.29 is 33.7 Å². The number of carbonyl (C=O) groups is 2. The second-order valence-corrected chi connectivity index (χ2v) is 10.9. The third-order valence-electron chi connectivity index (χ3n) is 7.09. The van der Waals surface area contributed by atoms with Gasteiger partial charge in [0.15, 0.2) is 0 Å². The van der Waals surface area contributed by atoms with Crippen LogP contribution in [0.1, 0.15) is 62.7 Å². The lowest BCUT2D eigenvalue weighted by Gasteiger charge is -2.34. The van der Waals surface area contributed by atoms with Gasteiger partial charge in [0.25, 0.3) is 5.91 Å². The standard InChI is InChI=1S/C29H49FN4O6/c1-21(2)12-18-40-26-19-34(28(37)22-9-3-4-10-23(22)30)16-15-33(29(38)24(32)11-5-6-13-31)14-7-8-17-39-20-25(35)27(26)36/h3-4,9-10,21,24-27,35-36H,5-8,11-20,31-32H2,1-2H3/t24-,25-,26-,27-/m1/s1. The van der Waals surface area contributed by atoms with Crippen LogP contribution in [0, 0.1) is 11.7 Å². The average Bonchev–Trinajstić information content (AvgIpc) is 2.93. The summed E-state index contributed by atoms with van der Waals surface area (Å²) in [6, 6.07) is 4.98. The summed E-state index contributed by atoms with van der Waals surface area (Å²) >= 11 is 0. The van der Waals surface area contributed by atoms with E-state index in [0.29, 0.717) is 57.9 Å². The number of carbonyl (C=O) groups excluding carboxylic acids is 2.